The number of sulfonamides is 1. The molecule has 1 atom stereocenters. The van der Waals surface area contributed by atoms with Gasteiger partial charge in [0.15, 0.2) is 0 Å². The Bertz CT molecular complexity index is 1650. The smallest absolute Gasteiger partial charge is 0.264 e. The van der Waals surface area contributed by atoms with E-state index in [4.69, 9.17) is 16.3 Å². The van der Waals surface area contributed by atoms with E-state index in [1.807, 2.05) is 19.1 Å². The number of nitrogens with one attached hydrogen (secondary N) is 2. The van der Waals surface area contributed by atoms with Crippen molar-refractivity contribution in [3.63, 3.8) is 0 Å². The van der Waals surface area contributed by atoms with Gasteiger partial charge in [-0.2, -0.15) is 0 Å². The molecule has 10 heteroatoms. The summed E-state index contributed by atoms with van der Waals surface area (Å²) in [5, 5.41) is 6.89. The van der Waals surface area contributed by atoms with Crippen LogP contribution in [0.4, 0.5) is 17.1 Å². The van der Waals surface area contributed by atoms with Gasteiger partial charge in [-0.15, -0.1) is 0 Å². The summed E-state index contributed by atoms with van der Waals surface area (Å²) in [4.78, 5) is 15.7. The lowest BCUT2D eigenvalue weighted by atomic mass is 9.95. The lowest BCUT2D eigenvalue weighted by Gasteiger charge is -2.20. The van der Waals surface area contributed by atoms with Gasteiger partial charge in [-0.3, -0.25) is 14.0 Å². The molecule has 0 bridgehead atoms. The molecule has 0 spiro atoms. The van der Waals surface area contributed by atoms with Gasteiger partial charge in [0, 0.05) is 35.6 Å². The first-order chi connectivity index (χ1) is 19.7. The lowest BCUT2D eigenvalue weighted by Crippen LogP contribution is -2.26. The quantitative estimate of drug-likeness (QED) is 0.340. The number of carbonyl (C=O) groups excluding carboxylic acids is 1. The van der Waals surface area contributed by atoms with Gasteiger partial charge in [0.05, 0.1) is 22.2 Å². The predicted octanol–water partition coefficient (Wildman–Crippen LogP) is 5.40. The number of nitrogens with zero attached hydrogens (tertiary/aromatic N) is 2. The number of likely N-dealkylation sites (tertiary alicyclic amines) is 1. The highest BCUT2D eigenvalue weighted by Gasteiger charge is 2.33. The number of benzene rings is 3. The van der Waals surface area contributed by atoms with Crippen molar-refractivity contribution in [1.29, 1.82) is 0 Å². The van der Waals surface area contributed by atoms with E-state index in [0.717, 1.165) is 42.2 Å². The van der Waals surface area contributed by atoms with Crippen molar-refractivity contribution in [2.24, 2.45) is 0 Å². The van der Waals surface area contributed by atoms with Gasteiger partial charge in [-0.05, 0) is 105 Å². The van der Waals surface area contributed by atoms with Crippen LogP contribution >= 0.6 is 11.6 Å². The van der Waals surface area contributed by atoms with Gasteiger partial charge in [0.2, 0.25) is 0 Å². The second kappa shape index (κ2) is 11.0. The molecule has 0 aliphatic carbocycles. The van der Waals surface area contributed by atoms with E-state index in [0.29, 0.717) is 40.6 Å². The van der Waals surface area contributed by atoms with Crippen LogP contribution in [0.15, 0.2) is 71.1 Å². The van der Waals surface area contributed by atoms with Crippen LogP contribution in [0.25, 0.3) is 5.57 Å². The van der Waals surface area contributed by atoms with Crippen LogP contribution in [0, 0.1) is 0 Å². The van der Waals surface area contributed by atoms with Crippen LogP contribution in [0.2, 0.25) is 5.02 Å². The van der Waals surface area contributed by atoms with E-state index < -0.39 is 10.0 Å². The van der Waals surface area contributed by atoms with Crippen molar-refractivity contribution in [1.82, 2.24) is 4.90 Å². The van der Waals surface area contributed by atoms with Crippen molar-refractivity contribution in [2.75, 3.05) is 48.2 Å². The molecule has 2 N–H and O–H groups in total. The van der Waals surface area contributed by atoms with Crippen molar-refractivity contribution in [3.05, 3.63) is 82.4 Å². The highest BCUT2D eigenvalue weighted by atomic mass is 35.5. The summed E-state index contributed by atoms with van der Waals surface area (Å²) in [7, 11) is -2.41. The predicted molar refractivity (Wildman–Crippen MR) is 163 cm³/mol. The molecule has 0 saturated carbocycles. The number of rotatable bonds is 8. The van der Waals surface area contributed by atoms with Crippen LogP contribution in [-0.4, -0.2) is 58.6 Å². The Balaban J connectivity index is 1.22. The number of anilines is 3. The minimum atomic E-state index is -3.90. The second-order valence-corrected chi connectivity index (χ2v) is 13.2. The number of carbonyl (C=O) groups is 1. The fraction of sp³-hybridized carbons (Fsp3) is 0.323. The number of halogens is 1. The van der Waals surface area contributed by atoms with Crippen molar-refractivity contribution in [2.45, 2.75) is 37.1 Å². The summed E-state index contributed by atoms with van der Waals surface area (Å²) in [6.45, 7) is 5.82. The zero-order valence-corrected chi connectivity index (χ0v) is 24.7. The van der Waals surface area contributed by atoms with Gasteiger partial charge in [-0.1, -0.05) is 17.7 Å². The number of ether oxygens (including phenoxy) is 1. The van der Waals surface area contributed by atoms with Gasteiger partial charge < -0.3 is 15.4 Å². The second-order valence-electron chi connectivity index (χ2n) is 10.8. The average molecular weight is 593 g/mol. The molecule has 3 aliphatic heterocycles. The van der Waals surface area contributed by atoms with E-state index >= 15 is 0 Å². The number of fused-ring (bicyclic) bond motifs is 2. The first-order valence-corrected chi connectivity index (χ1v) is 15.7. The molecule has 3 heterocycles. The molecule has 41 heavy (non-hydrogen) atoms. The van der Waals surface area contributed by atoms with Crippen LogP contribution < -0.4 is 19.7 Å². The molecule has 8 nitrogen and oxygen atoms in total. The van der Waals surface area contributed by atoms with E-state index in [1.54, 1.807) is 36.4 Å². The monoisotopic (exact) mass is 592 g/mol. The van der Waals surface area contributed by atoms with Crippen LogP contribution in [-0.2, 0) is 21.2 Å². The van der Waals surface area contributed by atoms with Crippen LogP contribution in [0.5, 0.6) is 5.75 Å². The third-order valence-electron chi connectivity index (χ3n) is 8.19. The zero-order valence-electron chi connectivity index (χ0n) is 23.1. The van der Waals surface area contributed by atoms with Crippen LogP contribution in [0.3, 0.4) is 0 Å². The van der Waals surface area contributed by atoms with Crippen molar-refractivity contribution < 1.29 is 17.9 Å². The van der Waals surface area contributed by atoms with Gasteiger partial charge in [0.1, 0.15) is 12.4 Å². The Labute approximate surface area is 246 Å². The van der Waals surface area contributed by atoms with E-state index in [-0.39, 0.29) is 16.8 Å². The molecule has 1 unspecified atom stereocenters. The summed E-state index contributed by atoms with van der Waals surface area (Å²) < 4.78 is 34.3. The summed E-state index contributed by atoms with van der Waals surface area (Å²) >= 11 is 6.09. The van der Waals surface area contributed by atoms with E-state index in [2.05, 4.69) is 21.6 Å². The Morgan fingerprint density at radius 3 is 2.63 bits per heavy atom. The molecule has 6 rings (SSSR count). The maximum absolute atomic E-state index is 13.5. The largest absolute Gasteiger partial charge is 0.492 e. The minimum absolute atomic E-state index is 0.0962. The Morgan fingerprint density at radius 1 is 1.07 bits per heavy atom. The summed E-state index contributed by atoms with van der Waals surface area (Å²) in [5.41, 5.74) is 5.12. The Morgan fingerprint density at radius 2 is 1.85 bits per heavy atom. The fourth-order valence-corrected chi connectivity index (χ4v) is 7.23. The SMILES string of the molecule is C/C(=C1/C(=O)Nc2ccc(S(=O)(=O)N(C)c3cccc(Cl)c3)cc21)C1Cc2cc(OCCN3CCCC3)ccc2N1. The van der Waals surface area contributed by atoms with Crippen LogP contribution in [0.1, 0.15) is 30.9 Å². The normalized spacial score (nSPS) is 19.4. The first-order valence-electron chi connectivity index (χ1n) is 13.9. The highest BCUT2D eigenvalue weighted by molar-refractivity contribution is 7.92. The molecule has 0 radical (unpaired) electrons. The Hall–Kier alpha value is -3.53. The highest BCUT2D eigenvalue weighted by Crippen LogP contribution is 2.40. The Kier molecular flexibility index (Phi) is 7.44. The topological polar surface area (TPSA) is 91.0 Å². The third kappa shape index (κ3) is 5.41. The van der Waals surface area contributed by atoms with Crippen molar-refractivity contribution >= 4 is 50.2 Å². The minimum Gasteiger partial charge on any atom is -0.492 e. The molecular weight excluding hydrogens is 560 g/mol. The summed E-state index contributed by atoms with van der Waals surface area (Å²) in [5.74, 6) is 0.609. The molecule has 0 aromatic heterocycles. The molecule has 3 aromatic rings. The molecule has 1 amide bonds. The first kappa shape index (κ1) is 27.6. The van der Waals surface area contributed by atoms with E-state index in [9.17, 15) is 13.2 Å². The standard InChI is InChI=1S/C31H33ClN4O4S/c1-20(29-17-21-16-24(8-10-27(21)33-29)40-15-14-36-12-3-4-13-36)30-26-19-25(9-11-28(26)34-31(30)37)41(38,39)35(2)23-7-5-6-22(32)18-23/h5-11,16,18-19,29,33H,3-4,12-15,17H2,1-2H3,(H,34,37)/b30-20-. The number of amides is 1. The van der Waals surface area contributed by atoms with Gasteiger partial charge in [-0.25, -0.2) is 8.42 Å². The molecular formula is C31H33ClN4O4S. The lowest BCUT2D eigenvalue weighted by molar-refractivity contribution is -0.110. The zero-order chi connectivity index (χ0) is 28.7. The maximum Gasteiger partial charge on any atom is 0.264 e. The number of hydrogen-bond donors (Lipinski definition) is 2. The van der Waals surface area contributed by atoms with Gasteiger partial charge >= 0.3 is 0 Å². The molecule has 3 aliphatic rings. The molecule has 1 saturated heterocycles. The summed E-state index contributed by atoms with van der Waals surface area (Å²) in [6.07, 6.45) is 3.23. The maximum atomic E-state index is 13.5. The van der Waals surface area contributed by atoms with E-state index in [1.165, 1.54) is 30.3 Å². The number of hydrogen-bond acceptors (Lipinski definition) is 6. The average Bonchev–Trinajstić information content (AvgIpc) is 3.70. The summed E-state index contributed by atoms with van der Waals surface area (Å²) in [6, 6.07) is 17.4. The molecule has 3 aromatic carbocycles. The molecule has 1 fully saturated rings. The third-order valence-corrected chi connectivity index (χ3v) is 10.2. The molecule has 214 valence electrons. The fourth-order valence-electron chi connectivity index (χ4n) is 5.83. The van der Waals surface area contributed by atoms with Gasteiger partial charge in [0.25, 0.3) is 15.9 Å². The van der Waals surface area contributed by atoms with Crippen molar-refractivity contribution in [3.8, 4) is 5.75 Å².